The number of aromatic nitrogens is 1. The third-order valence-corrected chi connectivity index (χ3v) is 5.19. The van der Waals surface area contributed by atoms with Gasteiger partial charge in [0.2, 0.25) is 0 Å². The normalized spacial score (nSPS) is 12.5. The zero-order valence-corrected chi connectivity index (χ0v) is 15.4. The molecule has 0 saturated heterocycles. The zero-order chi connectivity index (χ0) is 18.8. The Kier molecular flexibility index (Phi) is 4.76. The number of carbonyl (C=O) groups is 1. The van der Waals surface area contributed by atoms with Gasteiger partial charge in [-0.2, -0.15) is 0 Å². The molecule has 4 rings (SSSR count). The number of halogens is 1. The summed E-state index contributed by atoms with van der Waals surface area (Å²) in [7, 11) is 0. The summed E-state index contributed by atoms with van der Waals surface area (Å²) in [5.41, 5.74) is 2.35. The lowest BCUT2D eigenvalue weighted by Gasteiger charge is -2.07. The molecule has 136 valence electrons. The van der Waals surface area contributed by atoms with Gasteiger partial charge in [-0.25, -0.2) is 4.39 Å². The van der Waals surface area contributed by atoms with Crippen LogP contribution in [-0.4, -0.2) is 16.5 Å². The van der Waals surface area contributed by atoms with Gasteiger partial charge in [0.05, 0.1) is 0 Å². The van der Waals surface area contributed by atoms with Gasteiger partial charge in [0.15, 0.2) is 5.78 Å². The van der Waals surface area contributed by atoms with Crippen LogP contribution in [0.5, 0.6) is 0 Å². The molecule has 0 radical (unpaired) electrons. The van der Waals surface area contributed by atoms with E-state index in [1.54, 1.807) is 0 Å². The zero-order valence-electron chi connectivity index (χ0n) is 15.4. The minimum absolute atomic E-state index is 0.00837. The molecule has 2 nitrogen and oxygen atoms in total. The maximum absolute atomic E-state index is 13.7. The molecule has 0 spiro atoms. The van der Waals surface area contributed by atoms with E-state index in [4.69, 9.17) is 0 Å². The van der Waals surface area contributed by atoms with Crippen molar-refractivity contribution in [3.8, 4) is 0 Å². The Morgan fingerprint density at radius 1 is 0.926 bits per heavy atom. The number of carbonyl (C=O) groups excluding carboxylic acids is 1. The number of nitrogens with zero attached hydrogens (tertiary/aromatic N) is 1. The highest BCUT2D eigenvalue weighted by molar-refractivity contribution is 6.21. The minimum atomic E-state index is -0.816. The molecule has 1 atom stereocenters. The van der Waals surface area contributed by atoms with Gasteiger partial charge in [0.1, 0.15) is 6.17 Å². The van der Waals surface area contributed by atoms with Crippen molar-refractivity contribution in [3.63, 3.8) is 0 Å². The summed E-state index contributed by atoms with van der Waals surface area (Å²) in [6.07, 6.45) is 2.04. The Labute approximate surface area is 158 Å². The molecule has 0 saturated carbocycles. The number of rotatable bonds is 6. The van der Waals surface area contributed by atoms with Crippen molar-refractivity contribution < 1.29 is 9.18 Å². The molecule has 3 aromatic carbocycles. The Morgan fingerprint density at radius 3 is 2.44 bits per heavy atom. The molecule has 27 heavy (non-hydrogen) atoms. The van der Waals surface area contributed by atoms with Gasteiger partial charge in [-0.3, -0.25) is 4.79 Å². The topological polar surface area (TPSA) is 22.0 Å². The number of para-hydroxylation sites is 1. The number of alkyl halides is 1. The number of fused-ring (bicyclic) bond motifs is 2. The van der Waals surface area contributed by atoms with E-state index in [9.17, 15) is 9.18 Å². The third kappa shape index (κ3) is 3.25. The molecule has 0 N–H and O–H groups in total. The summed E-state index contributed by atoms with van der Waals surface area (Å²) in [5.74, 6) is 0.00837. The number of benzene rings is 3. The summed E-state index contributed by atoms with van der Waals surface area (Å²) in [4.78, 5) is 13.4. The highest BCUT2D eigenvalue weighted by Crippen LogP contribution is 2.27. The first-order valence-corrected chi connectivity index (χ1v) is 9.43. The molecule has 1 heterocycles. The van der Waals surface area contributed by atoms with Crippen LogP contribution in [0.3, 0.4) is 0 Å². The Hall–Kier alpha value is -2.94. The molecule has 0 aliphatic carbocycles. The van der Waals surface area contributed by atoms with Crippen LogP contribution in [0.1, 0.15) is 35.7 Å². The Bertz CT molecular complexity index is 1110. The van der Waals surface area contributed by atoms with Crippen molar-refractivity contribution in [2.75, 3.05) is 0 Å². The minimum Gasteiger partial charge on any atom is -0.347 e. The van der Waals surface area contributed by atoms with Gasteiger partial charge in [-0.15, -0.1) is 0 Å². The van der Waals surface area contributed by atoms with E-state index >= 15 is 0 Å². The van der Waals surface area contributed by atoms with Crippen molar-refractivity contribution in [2.45, 2.75) is 32.5 Å². The Balaban J connectivity index is 1.80. The van der Waals surface area contributed by atoms with E-state index in [1.807, 2.05) is 84.4 Å². The maximum Gasteiger partial charge on any atom is 0.195 e. The van der Waals surface area contributed by atoms with Gasteiger partial charge in [-0.1, -0.05) is 67.6 Å². The van der Waals surface area contributed by atoms with E-state index in [2.05, 4.69) is 0 Å². The predicted octanol–water partition coefficient (Wildman–Crippen LogP) is 6.16. The van der Waals surface area contributed by atoms with Crippen molar-refractivity contribution in [3.05, 3.63) is 84.1 Å². The van der Waals surface area contributed by atoms with Gasteiger partial charge in [0, 0.05) is 34.8 Å². The van der Waals surface area contributed by atoms with E-state index in [1.165, 1.54) is 0 Å². The van der Waals surface area contributed by atoms with Gasteiger partial charge in [0.25, 0.3) is 0 Å². The number of aryl methyl sites for hydroxylation is 1. The molecule has 0 fully saturated rings. The molecule has 0 aliphatic rings. The second kappa shape index (κ2) is 7.36. The number of hydrogen-bond acceptors (Lipinski definition) is 1. The largest absolute Gasteiger partial charge is 0.347 e. The lowest BCUT2D eigenvalue weighted by molar-refractivity contribution is 0.104. The number of ketones is 1. The number of hydrogen-bond donors (Lipinski definition) is 0. The average Bonchev–Trinajstić information content (AvgIpc) is 3.10. The molecular formula is C24H22FNO. The fourth-order valence-electron chi connectivity index (χ4n) is 3.66. The van der Waals surface area contributed by atoms with Crippen LogP contribution in [0, 0.1) is 0 Å². The first-order chi connectivity index (χ1) is 13.2. The first-order valence-electron chi connectivity index (χ1n) is 9.43. The SMILES string of the molecule is CC[C@@H](F)CCn1cc(C(=O)c2cccc3ccccc23)c2ccccc21. The predicted molar refractivity (Wildman–Crippen MR) is 109 cm³/mol. The van der Waals surface area contributed by atoms with Crippen LogP contribution < -0.4 is 0 Å². The lowest BCUT2D eigenvalue weighted by atomic mass is 9.97. The third-order valence-electron chi connectivity index (χ3n) is 5.19. The molecule has 1 aromatic heterocycles. The lowest BCUT2D eigenvalue weighted by Crippen LogP contribution is -2.05. The summed E-state index contributed by atoms with van der Waals surface area (Å²) >= 11 is 0. The molecule has 0 aliphatic heterocycles. The molecule has 0 unspecified atom stereocenters. The summed E-state index contributed by atoms with van der Waals surface area (Å²) in [5, 5.41) is 2.93. The summed E-state index contributed by atoms with van der Waals surface area (Å²) in [6.45, 7) is 2.42. The fourth-order valence-corrected chi connectivity index (χ4v) is 3.66. The van der Waals surface area contributed by atoms with Crippen LogP contribution >= 0.6 is 0 Å². The average molecular weight is 359 g/mol. The quantitative estimate of drug-likeness (QED) is 0.378. The van der Waals surface area contributed by atoms with Crippen molar-refractivity contribution in [2.24, 2.45) is 0 Å². The van der Waals surface area contributed by atoms with E-state index in [0.29, 0.717) is 30.5 Å². The van der Waals surface area contributed by atoms with Gasteiger partial charge >= 0.3 is 0 Å². The monoisotopic (exact) mass is 359 g/mol. The van der Waals surface area contributed by atoms with Crippen molar-refractivity contribution in [1.82, 2.24) is 4.57 Å². The summed E-state index contributed by atoms with van der Waals surface area (Å²) in [6, 6.07) is 21.6. The van der Waals surface area contributed by atoms with Gasteiger partial charge < -0.3 is 4.57 Å². The Morgan fingerprint density at radius 2 is 1.63 bits per heavy atom. The van der Waals surface area contributed by atoms with E-state index in [-0.39, 0.29) is 5.78 Å². The van der Waals surface area contributed by atoms with E-state index in [0.717, 1.165) is 21.7 Å². The molecule has 3 heteroatoms. The van der Waals surface area contributed by atoms with Crippen molar-refractivity contribution >= 4 is 27.5 Å². The summed E-state index contributed by atoms with van der Waals surface area (Å²) < 4.78 is 15.8. The van der Waals surface area contributed by atoms with Crippen LogP contribution in [0.4, 0.5) is 4.39 Å². The first kappa shape index (κ1) is 17.5. The smallest absolute Gasteiger partial charge is 0.195 e. The van der Waals surface area contributed by atoms with Crippen molar-refractivity contribution in [1.29, 1.82) is 0 Å². The molecule has 0 amide bonds. The second-order valence-electron chi connectivity index (χ2n) is 6.90. The van der Waals surface area contributed by atoms with Gasteiger partial charge in [-0.05, 0) is 29.7 Å². The highest BCUT2D eigenvalue weighted by Gasteiger charge is 2.18. The molecule has 4 aromatic rings. The van der Waals surface area contributed by atoms with Crippen LogP contribution in [0.15, 0.2) is 72.9 Å². The second-order valence-corrected chi connectivity index (χ2v) is 6.90. The molecule has 0 bridgehead atoms. The van der Waals surface area contributed by atoms with E-state index < -0.39 is 6.17 Å². The van der Waals surface area contributed by atoms with Crippen LogP contribution in [0.25, 0.3) is 21.7 Å². The van der Waals surface area contributed by atoms with Crippen LogP contribution in [0.2, 0.25) is 0 Å². The fraction of sp³-hybridized carbons (Fsp3) is 0.208. The highest BCUT2D eigenvalue weighted by atomic mass is 19.1. The maximum atomic E-state index is 13.7. The standard InChI is InChI=1S/C24H22FNO/c1-2-18(25)14-15-26-16-22(20-11-5-6-13-23(20)26)24(27)21-12-7-9-17-8-3-4-10-19(17)21/h3-13,16,18H,2,14-15H2,1H3/t18-/m1/s1. The van der Waals surface area contributed by atoms with Crippen LogP contribution in [-0.2, 0) is 6.54 Å². The molecular weight excluding hydrogens is 337 g/mol.